The van der Waals surface area contributed by atoms with Crippen LogP contribution in [-0.2, 0) is 4.79 Å². The van der Waals surface area contributed by atoms with Gasteiger partial charge in [-0.2, -0.15) is 11.8 Å². The lowest BCUT2D eigenvalue weighted by molar-refractivity contribution is -0.122. The fraction of sp³-hybridized carbons (Fsp3) is 0.929. The zero-order chi connectivity index (χ0) is 13.6. The second-order valence-electron chi connectivity index (χ2n) is 5.75. The topological polar surface area (TPSA) is 41.1 Å². The van der Waals surface area contributed by atoms with E-state index in [9.17, 15) is 4.79 Å². The van der Waals surface area contributed by atoms with E-state index in [0.29, 0.717) is 12.6 Å². The molecule has 0 radical (unpaired) electrons. The summed E-state index contributed by atoms with van der Waals surface area (Å²) in [5.74, 6) is 1.32. The first-order valence-corrected chi connectivity index (χ1v) is 8.17. The van der Waals surface area contributed by atoms with Crippen molar-refractivity contribution in [2.75, 3.05) is 12.3 Å². The first kappa shape index (κ1) is 15.8. The Morgan fingerprint density at radius 2 is 2.06 bits per heavy atom. The molecule has 106 valence electrons. The summed E-state index contributed by atoms with van der Waals surface area (Å²) < 4.78 is 0. The van der Waals surface area contributed by atoms with Crippen molar-refractivity contribution in [2.24, 2.45) is 0 Å². The van der Waals surface area contributed by atoms with Gasteiger partial charge in [-0.05, 0) is 45.3 Å². The van der Waals surface area contributed by atoms with Crippen LogP contribution in [0.2, 0.25) is 0 Å². The molecule has 18 heavy (non-hydrogen) atoms. The lowest BCUT2D eigenvalue weighted by Gasteiger charge is -2.25. The van der Waals surface area contributed by atoms with Crippen LogP contribution in [0.15, 0.2) is 0 Å². The van der Waals surface area contributed by atoms with Crippen molar-refractivity contribution in [3.63, 3.8) is 0 Å². The third-order valence-electron chi connectivity index (χ3n) is 3.70. The summed E-state index contributed by atoms with van der Waals surface area (Å²) in [5, 5.41) is 7.24. The second-order valence-corrected chi connectivity index (χ2v) is 7.33. The molecule has 0 aromatic rings. The molecule has 1 saturated carbocycles. The molecule has 1 amide bonds. The number of nitrogens with one attached hydrogen (secondary N) is 2. The van der Waals surface area contributed by atoms with Gasteiger partial charge < -0.3 is 10.6 Å². The molecular weight excluding hydrogens is 244 g/mol. The predicted octanol–water partition coefficient (Wildman–Crippen LogP) is 2.55. The van der Waals surface area contributed by atoms with E-state index < -0.39 is 0 Å². The maximum Gasteiger partial charge on any atom is 0.234 e. The Labute approximate surface area is 116 Å². The van der Waals surface area contributed by atoms with Crippen LogP contribution < -0.4 is 10.6 Å². The minimum Gasteiger partial charge on any atom is -0.350 e. The summed E-state index contributed by atoms with van der Waals surface area (Å²) >= 11 is 2.05. The summed E-state index contributed by atoms with van der Waals surface area (Å²) in [7, 11) is 0. The Hall–Kier alpha value is -0.220. The molecule has 0 aromatic heterocycles. The van der Waals surface area contributed by atoms with Crippen LogP contribution in [0, 0.1) is 0 Å². The highest BCUT2D eigenvalue weighted by Crippen LogP contribution is 2.29. The monoisotopic (exact) mass is 272 g/mol. The summed E-state index contributed by atoms with van der Waals surface area (Å²) in [5.41, 5.74) is -0.0883. The normalized spacial score (nSPS) is 24.2. The molecule has 1 aliphatic rings. The lowest BCUT2D eigenvalue weighted by Crippen LogP contribution is -2.47. The predicted molar refractivity (Wildman–Crippen MR) is 80.1 cm³/mol. The highest BCUT2D eigenvalue weighted by atomic mass is 32.2. The molecule has 0 bridgehead atoms. The van der Waals surface area contributed by atoms with Gasteiger partial charge in [0, 0.05) is 16.8 Å². The zero-order valence-electron chi connectivity index (χ0n) is 12.2. The Kier molecular flexibility index (Phi) is 6.50. The fourth-order valence-electron chi connectivity index (χ4n) is 2.26. The lowest BCUT2D eigenvalue weighted by atomic mass is 10.0. The third kappa shape index (κ3) is 5.61. The maximum absolute atomic E-state index is 11.8. The highest BCUT2D eigenvalue weighted by molar-refractivity contribution is 7.99. The Morgan fingerprint density at radius 1 is 1.33 bits per heavy atom. The van der Waals surface area contributed by atoms with Gasteiger partial charge in [-0.3, -0.25) is 4.79 Å². The second kappa shape index (κ2) is 7.39. The number of carbonyl (C=O) groups excluding carboxylic acids is 1. The Balaban J connectivity index is 2.20. The van der Waals surface area contributed by atoms with E-state index in [1.54, 1.807) is 0 Å². The maximum atomic E-state index is 11.8. The number of thioether (sulfide) groups is 1. The van der Waals surface area contributed by atoms with E-state index in [0.717, 1.165) is 11.7 Å². The van der Waals surface area contributed by atoms with Crippen LogP contribution >= 0.6 is 11.8 Å². The van der Waals surface area contributed by atoms with Gasteiger partial charge in [-0.1, -0.05) is 13.8 Å². The van der Waals surface area contributed by atoms with E-state index in [1.165, 1.54) is 25.0 Å². The largest absolute Gasteiger partial charge is 0.350 e. The Morgan fingerprint density at radius 3 is 2.67 bits per heavy atom. The van der Waals surface area contributed by atoms with Gasteiger partial charge in [-0.25, -0.2) is 0 Å². The van der Waals surface area contributed by atoms with Crippen LogP contribution in [0.4, 0.5) is 0 Å². The third-order valence-corrected chi connectivity index (χ3v) is 4.93. The first-order valence-electron chi connectivity index (χ1n) is 7.13. The van der Waals surface area contributed by atoms with E-state index in [1.807, 2.05) is 11.8 Å². The first-order chi connectivity index (χ1) is 8.46. The number of hydrogen-bond donors (Lipinski definition) is 2. The van der Waals surface area contributed by atoms with Gasteiger partial charge in [0.25, 0.3) is 0 Å². The Bertz CT molecular complexity index is 269. The van der Waals surface area contributed by atoms with Gasteiger partial charge in [0.05, 0.1) is 6.54 Å². The van der Waals surface area contributed by atoms with E-state index in [2.05, 4.69) is 38.3 Å². The molecule has 0 aromatic carbocycles. The highest BCUT2D eigenvalue weighted by Gasteiger charge is 2.25. The van der Waals surface area contributed by atoms with Crippen molar-refractivity contribution in [1.29, 1.82) is 0 Å². The molecule has 3 nitrogen and oxygen atoms in total. The van der Waals surface area contributed by atoms with Crippen molar-refractivity contribution in [1.82, 2.24) is 10.6 Å². The molecule has 0 heterocycles. The van der Waals surface area contributed by atoms with Crippen LogP contribution in [0.5, 0.6) is 0 Å². The summed E-state index contributed by atoms with van der Waals surface area (Å²) in [6.07, 6.45) is 4.67. The van der Waals surface area contributed by atoms with Gasteiger partial charge in [0.2, 0.25) is 5.91 Å². The van der Waals surface area contributed by atoms with E-state index in [4.69, 9.17) is 0 Å². The van der Waals surface area contributed by atoms with Crippen molar-refractivity contribution < 1.29 is 4.79 Å². The average molecular weight is 272 g/mol. The van der Waals surface area contributed by atoms with Gasteiger partial charge in [0.1, 0.15) is 0 Å². The number of rotatable bonds is 7. The fourth-order valence-corrected chi connectivity index (χ4v) is 3.40. The van der Waals surface area contributed by atoms with Crippen LogP contribution in [0.3, 0.4) is 0 Å². The quantitative estimate of drug-likeness (QED) is 0.748. The number of amides is 1. The molecule has 2 N–H and O–H groups in total. The molecular formula is C14H28N2OS. The molecule has 1 fully saturated rings. The molecule has 0 aliphatic heterocycles. The number of hydrogen-bond acceptors (Lipinski definition) is 3. The molecule has 1 aliphatic carbocycles. The van der Waals surface area contributed by atoms with Crippen molar-refractivity contribution in [3.8, 4) is 0 Å². The van der Waals surface area contributed by atoms with Gasteiger partial charge >= 0.3 is 0 Å². The molecule has 2 unspecified atom stereocenters. The van der Waals surface area contributed by atoms with Gasteiger partial charge in [-0.15, -0.1) is 0 Å². The number of carbonyl (C=O) groups is 1. The molecule has 4 heteroatoms. The van der Waals surface area contributed by atoms with Crippen molar-refractivity contribution in [3.05, 3.63) is 0 Å². The SMILES string of the molecule is CCSC1CCC(NCC(=O)NC(C)(C)CC)C1. The molecule has 2 atom stereocenters. The summed E-state index contributed by atoms with van der Waals surface area (Å²) in [4.78, 5) is 11.8. The van der Waals surface area contributed by atoms with Crippen LogP contribution in [0.25, 0.3) is 0 Å². The van der Waals surface area contributed by atoms with Crippen LogP contribution in [0.1, 0.15) is 53.4 Å². The smallest absolute Gasteiger partial charge is 0.234 e. The molecule has 0 saturated heterocycles. The summed E-state index contributed by atoms with van der Waals surface area (Å²) in [6, 6.07) is 0.532. The molecule has 0 spiro atoms. The van der Waals surface area contributed by atoms with E-state index >= 15 is 0 Å². The van der Waals surface area contributed by atoms with Crippen molar-refractivity contribution >= 4 is 17.7 Å². The average Bonchev–Trinajstić information content (AvgIpc) is 2.74. The zero-order valence-corrected chi connectivity index (χ0v) is 13.0. The standard InChI is InChI=1S/C14H28N2OS/c1-5-14(3,4)16-13(17)10-15-11-7-8-12(9-11)18-6-2/h11-12,15H,5-10H2,1-4H3,(H,16,17). The van der Waals surface area contributed by atoms with Crippen molar-refractivity contribution in [2.45, 2.75) is 70.2 Å². The van der Waals surface area contributed by atoms with E-state index in [-0.39, 0.29) is 11.4 Å². The van der Waals surface area contributed by atoms with Crippen LogP contribution in [-0.4, -0.2) is 35.0 Å². The summed E-state index contributed by atoms with van der Waals surface area (Å²) in [6.45, 7) is 8.89. The van der Waals surface area contributed by atoms with Gasteiger partial charge in [0.15, 0.2) is 0 Å². The minimum atomic E-state index is -0.0883. The minimum absolute atomic E-state index is 0.0883. The molecule has 1 rings (SSSR count).